The van der Waals surface area contributed by atoms with Crippen LogP contribution in [0.3, 0.4) is 0 Å². The van der Waals surface area contributed by atoms with Crippen LogP contribution in [0.15, 0.2) is 81.1 Å². The average molecular weight is 479 g/mol. The number of anilines is 1. The van der Waals surface area contributed by atoms with Crippen LogP contribution in [0.1, 0.15) is 13.3 Å². The van der Waals surface area contributed by atoms with E-state index in [1.807, 2.05) is 31.2 Å². The highest BCUT2D eigenvalue weighted by molar-refractivity contribution is 5.66. The van der Waals surface area contributed by atoms with Gasteiger partial charge in [-0.3, -0.25) is 10.1 Å². The van der Waals surface area contributed by atoms with Gasteiger partial charge in [-0.2, -0.15) is 10.2 Å². The Kier molecular flexibility index (Phi) is 8.79. The molecule has 3 aromatic rings. The van der Waals surface area contributed by atoms with Crippen molar-refractivity contribution in [1.82, 2.24) is 0 Å². The van der Waals surface area contributed by atoms with E-state index in [0.717, 1.165) is 5.69 Å². The van der Waals surface area contributed by atoms with Crippen molar-refractivity contribution in [1.29, 1.82) is 0 Å². The monoisotopic (exact) mass is 478 g/mol. The quantitative estimate of drug-likeness (QED) is 0.180. The number of non-ortho nitro benzene ring substituents is 1. The highest BCUT2D eigenvalue weighted by atomic mass is 16.6. The van der Waals surface area contributed by atoms with Crippen LogP contribution >= 0.6 is 0 Å². The molecular weight excluding hydrogens is 452 g/mol. The van der Waals surface area contributed by atoms with Crippen molar-refractivity contribution >= 4 is 34.1 Å². The van der Waals surface area contributed by atoms with Gasteiger partial charge in [0.2, 0.25) is 0 Å². The summed E-state index contributed by atoms with van der Waals surface area (Å²) >= 11 is 0. The molecule has 0 fully saturated rings. The van der Waals surface area contributed by atoms with E-state index in [9.17, 15) is 10.1 Å². The van der Waals surface area contributed by atoms with Gasteiger partial charge in [0.15, 0.2) is 0 Å². The van der Waals surface area contributed by atoms with Crippen molar-refractivity contribution in [3.05, 3.63) is 70.8 Å². The number of nitro benzene ring substituents is 1. The van der Waals surface area contributed by atoms with Crippen molar-refractivity contribution in [3.63, 3.8) is 0 Å². The van der Waals surface area contributed by atoms with E-state index in [0.29, 0.717) is 40.7 Å². The average Bonchev–Trinajstić information content (AvgIpc) is 2.87. The van der Waals surface area contributed by atoms with Gasteiger partial charge in [0.25, 0.3) is 5.69 Å². The molecule has 0 saturated heterocycles. The molecule has 35 heavy (non-hydrogen) atoms. The van der Waals surface area contributed by atoms with E-state index < -0.39 is 4.92 Å². The minimum atomic E-state index is -0.479. The summed E-state index contributed by atoms with van der Waals surface area (Å²) < 4.78 is 10.9. The third kappa shape index (κ3) is 7.05. The van der Waals surface area contributed by atoms with Gasteiger partial charge < -0.3 is 19.9 Å². The van der Waals surface area contributed by atoms with Crippen molar-refractivity contribution < 1.29 is 19.5 Å². The third-order valence-corrected chi connectivity index (χ3v) is 4.93. The first-order valence-electron chi connectivity index (χ1n) is 10.7. The summed E-state index contributed by atoms with van der Waals surface area (Å²) in [7, 11) is 3.00. The molecule has 0 bridgehead atoms. The maximum absolute atomic E-state index is 10.8. The summed E-state index contributed by atoms with van der Waals surface area (Å²) in [5, 5.41) is 40.0. The fourth-order valence-corrected chi connectivity index (χ4v) is 3.06. The highest BCUT2D eigenvalue weighted by Crippen LogP contribution is 2.41. The second kappa shape index (κ2) is 12.2. The van der Waals surface area contributed by atoms with Crippen LogP contribution in [0.5, 0.6) is 11.5 Å². The number of benzene rings is 3. The molecule has 1 unspecified atom stereocenters. The number of azo groups is 2. The summed E-state index contributed by atoms with van der Waals surface area (Å²) in [6.45, 7) is 2.13. The zero-order valence-electron chi connectivity index (χ0n) is 19.6. The number of hydrogen-bond donors (Lipinski definition) is 2. The highest BCUT2D eigenvalue weighted by Gasteiger charge is 2.12. The van der Waals surface area contributed by atoms with Crippen LogP contribution in [0.4, 0.5) is 34.1 Å². The number of aliphatic hydroxyl groups is 1. The van der Waals surface area contributed by atoms with Crippen molar-refractivity contribution in [2.75, 3.05) is 26.1 Å². The molecule has 3 rings (SSSR count). The first-order chi connectivity index (χ1) is 16.9. The van der Waals surface area contributed by atoms with Crippen molar-refractivity contribution in [3.8, 4) is 11.5 Å². The second-order valence-corrected chi connectivity index (χ2v) is 7.47. The van der Waals surface area contributed by atoms with Crippen molar-refractivity contribution in [2.24, 2.45) is 20.5 Å². The summed E-state index contributed by atoms with van der Waals surface area (Å²) in [6, 6.07) is 16.6. The number of nitro groups is 1. The van der Waals surface area contributed by atoms with E-state index in [1.165, 1.54) is 38.5 Å². The Balaban J connectivity index is 1.78. The number of hydrogen-bond acceptors (Lipinski definition) is 10. The zero-order valence-corrected chi connectivity index (χ0v) is 19.6. The van der Waals surface area contributed by atoms with E-state index in [-0.39, 0.29) is 18.3 Å². The molecule has 1 atom stereocenters. The van der Waals surface area contributed by atoms with Crippen molar-refractivity contribution in [2.45, 2.75) is 19.4 Å². The molecule has 0 heterocycles. The first-order valence-corrected chi connectivity index (χ1v) is 10.7. The lowest BCUT2D eigenvalue weighted by molar-refractivity contribution is -0.384. The summed E-state index contributed by atoms with van der Waals surface area (Å²) in [4.78, 5) is 10.3. The zero-order chi connectivity index (χ0) is 25.2. The Morgan fingerprint density at radius 2 is 1.37 bits per heavy atom. The molecule has 2 N–H and O–H groups in total. The minimum Gasteiger partial charge on any atom is -0.494 e. The molecule has 0 aliphatic rings. The summed E-state index contributed by atoms with van der Waals surface area (Å²) in [5.74, 6) is 0.825. The SMILES string of the molecule is COc1cc(/N=N/c2ccc([N+](=O)[O-])cc2)c(OC)cc1/N=N/c1ccc(NC(C)CCO)cc1. The molecule has 0 amide bonds. The van der Waals surface area contributed by atoms with Crippen LogP contribution < -0.4 is 14.8 Å². The molecular formula is C24H26N6O5. The van der Waals surface area contributed by atoms with Gasteiger partial charge in [0, 0.05) is 42.6 Å². The maximum atomic E-state index is 10.8. The molecule has 0 aromatic heterocycles. The van der Waals surface area contributed by atoms with Crippen LogP contribution in [-0.4, -0.2) is 36.9 Å². The largest absolute Gasteiger partial charge is 0.494 e. The lowest BCUT2D eigenvalue weighted by Gasteiger charge is -2.13. The fourth-order valence-electron chi connectivity index (χ4n) is 3.06. The van der Waals surface area contributed by atoms with Crippen LogP contribution in [-0.2, 0) is 0 Å². The Bertz CT molecular complexity index is 1200. The van der Waals surface area contributed by atoms with Crippen LogP contribution in [0.25, 0.3) is 0 Å². The van der Waals surface area contributed by atoms with Gasteiger partial charge >= 0.3 is 0 Å². The molecule has 0 spiro atoms. The van der Waals surface area contributed by atoms with Gasteiger partial charge in [-0.1, -0.05) is 0 Å². The Labute approximate surface area is 202 Å². The lowest BCUT2D eigenvalue weighted by Crippen LogP contribution is -2.16. The molecule has 0 radical (unpaired) electrons. The molecule has 11 heteroatoms. The van der Waals surface area contributed by atoms with E-state index in [4.69, 9.17) is 14.6 Å². The standard InChI is InChI=1S/C24H26N6O5/c1-16(12-13-31)25-17-4-6-18(7-5-17)26-28-21-14-24(35-3)22(15-23(21)34-2)29-27-19-8-10-20(11-9-19)30(32)33/h4-11,14-16,25,31H,12-13H2,1-3H3/b28-26+,29-27+. The van der Waals surface area contributed by atoms with E-state index >= 15 is 0 Å². The smallest absolute Gasteiger partial charge is 0.269 e. The molecule has 3 aromatic carbocycles. The van der Waals surface area contributed by atoms with Crippen LogP contribution in [0, 0.1) is 10.1 Å². The van der Waals surface area contributed by atoms with E-state index in [1.54, 1.807) is 12.1 Å². The number of nitrogens with one attached hydrogen (secondary N) is 1. The summed E-state index contributed by atoms with van der Waals surface area (Å²) in [6.07, 6.45) is 0.659. The Morgan fingerprint density at radius 3 is 1.80 bits per heavy atom. The van der Waals surface area contributed by atoms with Gasteiger partial charge in [0.1, 0.15) is 22.9 Å². The predicted octanol–water partition coefficient (Wildman–Crippen LogP) is 6.63. The molecule has 0 aliphatic carbocycles. The Hall–Kier alpha value is -4.38. The number of ether oxygens (including phenoxy) is 2. The topological polar surface area (TPSA) is 143 Å². The van der Waals surface area contributed by atoms with Gasteiger partial charge in [-0.25, -0.2) is 0 Å². The number of aliphatic hydroxyl groups excluding tert-OH is 1. The first kappa shape index (κ1) is 25.2. The van der Waals surface area contributed by atoms with Gasteiger partial charge in [0.05, 0.1) is 30.5 Å². The maximum Gasteiger partial charge on any atom is 0.269 e. The fraction of sp³-hybridized carbons (Fsp3) is 0.250. The predicted molar refractivity (Wildman–Crippen MR) is 132 cm³/mol. The number of nitrogens with zero attached hydrogens (tertiary/aromatic N) is 5. The Morgan fingerprint density at radius 1 is 0.886 bits per heavy atom. The molecule has 0 aliphatic heterocycles. The molecule has 182 valence electrons. The van der Waals surface area contributed by atoms with Crippen LogP contribution in [0.2, 0.25) is 0 Å². The summed E-state index contributed by atoms with van der Waals surface area (Å²) in [5.41, 5.74) is 2.83. The normalized spacial score (nSPS) is 12.1. The molecule has 11 nitrogen and oxygen atoms in total. The molecule has 0 saturated carbocycles. The minimum absolute atomic E-state index is 0.0277. The van der Waals surface area contributed by atoms with Gasteiger partial charge in [-0.05, 0) is 49.7 Å². The number of rotatable bonds is 11. The second-order valence-electron chi connectivity index (χ2n) is 7.47. The van der Waals surface area contributed by atoms with Gasteiger partial charge in [-0.15, -0.1) is 10.2 Å². The van der Waals surface area contributed by atoms with E-state index in [2.05, 4.69) is 25.8 Å². The third-order valence-electron chi connectivity index (χ3n) is 4.93. The number of methoxy groups -OCH3 is 2. The lowest BCUT2D eigenvalue weighted by atomic mass is 10.2.